The molecule has 1 aromatic rings. The molecule has 1 aromatic carbocycles. The number of nitrogens with zero attached hydrogens (tertiary/aromatic N) is 1. The first kappa shape index (κ1) is 12.5. The van der Waals surface area contributed by atoms with Gasteiger partial charge in [0.25, 0.3) is 5.69 Å². The zero-order valence-corrected chi connectivity index (χ0v) is 10.1. The normalized spacial score (nSPS) is 14.3. The average Bonchev–Trinajstić information content (AvgIpc) is 3.09. The maximum atomic E-state index is 11.6. The van der Waals surface area contributed by atoms with Gasteiger partial charge >= 0.3 is 0 Å². The van der Waals surface area contributed by atoms with Gasteiger partial charge in [0.05, 0.1) is 11.5 Å². The van der Waals surface area contributed by atoms with Crippen molar-refractivity contribution in [3.05, 3.63) is 33.9 Å². The summed E-state index contributed by atoms with van der Waals surface area (Å²) in [4.78, 5) is 22.0. The highest BCUT2D eigenvalue weighted by Gasteiger charge is 2.22. The van der Waals surface area contributed by atoms with Crippen LogP contribution in [0.5, 0.6) is 0 Å². The molecule has 0 radical (unpaired) electrons. The second-order valence-corrected chi connectivity index (χ2v) is 4.48. The number of benzene rings is 1. The van der Waals surface area contributed by atoms with Crippen LogP contribution in [0.2, 0.25) is 0 Å². The Morgan fingerprint density at radius 3 is 2.83 bits per heavy atom. The largest absolute Gasteiger partial charge is 0.319 e. The fourth-order valence-corrected chi connectivity index (χ4v) is 1.63. The van der Waals surface area contributed by atoms with Crippen molar-refractivity contribution in [1.29, 1.82) is 0 Å². The molecule has 1 aliphatic carbocycles. The van der Waals surface area contributed by atoms with Crippen LogP contribution in [0.3, 0.4) is 0 Å². The van der Waals surface area contributed by atoms with Crippen LogP contribution in [-0.4, -0.2) is 23.4 Å². The molecule has 0 spiro atoms. The molecular weight excluding hydrogens is 234 g/mol. The number of anilines is 1. The lowest BCUT2D eigenvalue weighted by molar-refractivity contribution is -0.383. The number of hydrogen-bond donors (Lipinski definition) is 2. The minimum atomic E-state index is -0.497. The Morgan fingerprint density at radius 1 is 1.50 bits per heavy atom. The van der Waals surface area contributed by atoms with Crippen LogP contribution in [0.15, 0.2) is 18.2 Å². The molecule has 1 fully saturated rings. The molecule has 6 heteroatoms. The zero-order valence-electron chi connectivity index (χ0n) is 10.1. The Labute approximate surface area is 105 Å². The number of carbonyl (C=O) groups is 1. The van der Waals surface area contributed by atoms with Gasteiger partial charge in [-0.3, -0.25) is 14.9 Å². The highest BCUT2D eigenvalue weighted by molar-refractivity contribution is 5.94. The standard InChI is InChI=1S/C12H15N3O3/c1-8-2-5-11(15(17)18)10(6-8)14-12(16)7-13-9-3-4-9/h2,5-6,9,13H,3-4,7H2,1H3,(H,14,16). The van der Waals surface area contributed by atoms with Gasteiger partial charge in [0.1, 0.15) is 5.69 Å². The highest BCUT2D eigenvalue weighted by Crippen LogP contribution is 2.25. The quantitative estimate of drug-likeness (QED) is 0.613. The molecule has 0 bridgehead atoms. The van der Waals surface area contributed by atoms with E-state index in [0.717, 1.165) is 18.4 Å². The van der Waals surface area contributed by atoms with Gasteiger partial charge in [-0.25, -0.2) is 0 Å². The maximum absolute atomic E-state index is 11.6. The molecule has 1 aliphatic rings. The molecule has 0 aliphatic heterocycles. The van der Waals surface area contributed by atoms with E-state index in [1.54, 1.807) is 12.1 Å². The molecule has 0 saturated heterocycles. The molecule has 96 valence electrons. The summed E-state index contributed by atoms with van der Waals surface area (Å²) in [5.74, 6) is -0.254. The lowest BCUT2D eigenvalue weighted by Gasteiger charge is -2.07. The lowest BCUT2D eigenvalue weighted by Crippen LogP contribution is -2.29. The van der Waals surface area contributed by atoms with E-state index in [9.17, 15) is 14.9 Å². The predicted octanol–water partition coefficient (Wildman–Crippen LogP) is 1.59. The number of nitro groups is 1. The van der Waals surface area contributed by atoms with E-state index in [-0.39, 0.29) is 23.8 Å². The molecule has 18 heavy (non-hydrogen) atoms. The molecule has 0 heterocycles. The smallest absolute Gasteiger partial charge is 0.292 e. The minimum absolute atomic E-state index is 0.0830. The van der Waals surface area contributed by atoms with Crippen molar-refractivity contribution < 1.29 is 9.72 Å². The first-order valence-electron chi connectivity index (χ1n) is 5.84. The van der Waals surface area contributed by atoms with Crippen molar-refractivity contribution in [3.63, 3.8) is 0 Å². The Hall–Kier alpha value is -1.95. The number of hydrogen-bond acceptors (Lipinski definition) is 4. The third kappa shape index (κ3) is 3.27. The third-order valence-electron chi connectivity index (χ3n) is 2.75. The molecular formula is C12H15N3O3. The maximum Gasteiger partial charge on any atom is 0.292 e. The summed E-state index contributed by atoms with van der Waals surface area (Å²) in [7, 11) is 0. The number of carbonyl (C=O) groups excluding carboxylic acids is 1. The summed E-state index contributed by atoms with van der Waals surface area (Å²) < 4.78 is 0. The molecule has 6 nitrogen and oxygen atoms in total. The van der Waals surface area contributed by atoms with E-state index < -0.39 is 4.92 Å². The minimum Gasteiger partial charge on any atom is -0.319 e. The van der Waals surface area contributed by atoms with Gasteiger partial charge in [-0.05, 0) is 31.4 Å². The van der Waals surface area contributed by atoms with E-state index in [2.05, 4.69) is 10.6 Å². The third-order valence-corrected chi connectivity index (χ3v) is 2.75. The van der Waals surface area contributed by atoms with Crippen molar-refractivity contribution in [2.24, 2.45) is 0 Å². The summed E-state index contributed by atoms with van der Waals surface area (Å²) >= 11 is 0. The van der Waals surface area contributed by atoms with E-state index in [4.69, 9.17) is 0 Å². The fourth-order valence-electron chi connectivity index (χ4n) is 1.63. The molecule has 0 atom stereocenters. The van der Waals surface area contributed by atoms with E-state index in [1.807, 2.05) is 6.92 Å². The molecule has 0 unspecified atom stereocenters. The summed E-state index contributed by atoms with van der Waals surface area (Å²) in [5.41, 5.74) is 1.04. The second kappa shape index (κ2) is 5.14. The molecule has 2 N–H and O–H groups in total. The van der Waals surface area contributed by atoms with Crippen molar-refractivity contribution >= 4 is 17.3 Å². The van der Waals surface area contributed by atoms with Gasteiger partial charge in [-0.15, -0.1) is 0 Å². The Bertz CT molecular complexity index is 483. The SMILES string of the molecule is Cc1ccc([N+](=O)[O-])c(NC(=O)CNC2CC2)c1. The van der Waals surface area contributed by atoms with Crippen LogP contribution in [0.4, 0.5) is 11.4 Å². The molecule has 1 saturated carbocycles. The number of nitrogens with one attached hydrogen (secondary N) is 2. The first-order chi connectivity index (χ1) is 8.56. The van der Waals surface area contributed by atoms with Gasteiger partial charge in [0, 0.05) is 12.1 Å². The average molecular weight is 249 g/mol. The van der Waals surface area contributed by atoms with Gasteiger partial charge in [0.15, 0.2) is 0 Å². The van der Waals surface area contributed by atoms with Crippen LogP contribution >= 0.6 is 0 Å². The Kier molecular flexibility index (Phi) is 3.57. The van der Waals surface area contributed by atoms with Crippen molar-refractivity contribution in [2.45, 2.75) is 25.8 Å². The summed E-state index contributed by atoms with van der Waals surface area (Å²) in [6, 6.07) is 5.09. The van der Waals surface area contributed by atoms with Crippen molar-refractivity contribution in [3.8, 4) is 0 Å². The summed E-state index contributed by atoms with van der Waals surface area (Å²) in [6.45, 7) is 2.01. The molecule has 2 rings (SSSR count). The number of nitro benzene ring substituents is 1. The number of aryl methyl sites for hydroxylation is 1. The summed E-state index contributed by atoms with van der Waals surface area (Å²) in [5, 5.41) is 16.5. The first-order valence-corrected chi connectivity index (χ1v) is 5.84. The number of amides is 1. The topological polar surface area (TPSA) is 84.3 Å². The second-order valence-electron chi connectivity index (χ2n) is 4.48. The molecule has 0 aromatic heterocycles. The molecule has 1 amide bonds. The van der Waals surface area contributed by atoms with Crippen molar-refractivity contribution in [1.82, 2.24) is 5.32 Å². The summed E-state index contributed by atoms with van der Waals surface area (Å²) in [6.07, 6.45) is 2.19. The number of rotatable bonds is 5. The van der Waals surface area contributed by atoms with E-state index in [1.165, 1.54) is 6.07 Å². The van der Waals surface area contributed by atoms with Crippen LogP contribution in [0, 0.1) is 17.0 Å². The van der Waals surface area contributed by atoms with Crippen molar-refractivity contribution in [2.75, 3.05) is 11.9 Å². The van der Waals surface area contributed by atoms with Crippen LogP contribution in [0.25, 0.3) is 0 Å². The van der Waals surface area contributed by atoms with Gasteiger partial charge < -0.3 is 10.6 Å². The zero-order chi connectivity index (χ0) is 13.1. The van der Waals surface area contributed by atoms with E-state index in [0.29, 0.717) is 6.04 Å². The monoisotopic (exact) mass is 249 g/mol. The predicted molar refractivity (Wildman–Crippen MR) is 67.5 cm³/mol. The fraction of sp³-hybridized carbons (Fsp3) is 0.417. The van der Waals surface area contributed by atoms with Crippen LogP contribution < -0.4 is 10.6 Å². The van der Waals surface area contributed by atoms with Gasteiger partial charge in [-0.1, -0.05) is 6.07 Å². The van der Waals surface area contributed by atoms with E-state index >= 15 is 0 Å². The van der Waals surface area contributed by atoms with Gasteiger partial charge in [0.2, 0.25) is 5.91 Å². The van der Waals surface area contributed by atoms with Crippen LogP contribution in [0.1, 0.15) is 18.4 Å². The Balaban J connectivity index is 2.03. The van der Waals surface area contributed by atoms with Gasteiger partial charge in [-0.2, -0.15) is 0 Å². The highest BCUT2D eigenvalue weighted by atomic mass is 16.6. The Morgan fingerprint density at radius 2 is 2.22 bits per heavy atom. The van der Waals surface area contributed by atoms with Crippen LogP contribution in [-0.2, 0) is 4.79 Å². The lowest BCUT2D eigenvalue weighted by atomic mass is 10.2.